The number of rotatable bonds is 6. The minimum atomic E-state index is -0.420. The Balaban J connectivity index is 2.61. The minimum absolute atomic E-state index is 0.232. The Morgan fingerprint density at radius 3 is 2.38 bits per heavy atom. The van der Waals surface area contributed by atoms with E-state index < -0.39 is 6.03 Å². The van der Waals surface area contributed by atoms with Crippen LogP contribution in [0.15, 0.2) is 0 Å². The van der Waals surface area contributed by atoms with Gasteiger partial charge in [-0.1, -0.05) is 6.92 Å². The normalized spacial score (nSPS) is 23.7. The Morgan fingerprint density at radius 1 is 1.24 bits per heavy atom. The van der Waals surface area contributed by atoms with Gasteiger partial charge in [0, 0.05) is 18.6 Å². The van der Waals surface area contributed by atoms with Crippen molar-refractivity contribution < 1.29 is 9.59 Å². The van der Waals surface area contributed by atoms with Crippen molar-refractivity contribution in [1.29, 1.82) is 0 Å². The molecule has 0 aromatic heterocycles. The van der Waals surface area contributed by atoms with E-state index in [0.717, 1.165) is 38.6 Å². The second-order valence-electron chi connectivity index (χ2n) is 5.83. The van der Waals surface area contributed by atoms with E-state index in [9.17, 15) is 9.59 Å². The van der Waals surface area contributed by atoms with Crippen LogP contribution in [0.1, 0.15) is 52.9 Å². The maximum atomic E-state index is 12.2. The van der Waals surface area contributed by atoms with Crippen LogP contribution in [-0.2, 0) is 4.79 Å². The van der Waals surface area contributed by atoms with Gasteiger partial charge in [0.2, 0.25) is 5.91 Å². The van der Waals surface area contributed by atoms with Gasteiger partial charge in [0.05, 0.1) is 6.04 Å². The topological polar surface area (TPSA) is 87.5 Å². The summed E-state index contributed by atoms with van der Waals surface area (Å²) in [6.45, 7) is 7.17. The average molecular weight is 298 g/mol. The first kappa shape index (κ1) is 17.9. The lowest BCUT2D eigenvalue weighted by Crippen LogP contribution is -2.53. The summed E-state index contributed by atoms with van der Waals surface area (Å²) in [6.07, 6.45) is 5.06. The van der Waals surface area contributed by atoms with Gasteiger partial charge in [-0.05, 0) is 52.5 Å². The molecule has 1 saturated carbocycles. The Labute approximate surface area is 127 Å². The van der Waals surface area contributed by atoms with Crippen molar-refractivity contribution in [1.82, 2.24) is 15.5 Å². The van der Waals surface area contributed by atoms with Gasteiger partial charge < -0.3 is 11.1 Å². The SMILES string of the molecule is CCCN(C1CCC(N)CC1)C(C)C(=O)NC(=O)NCC. The van der Waals surface area contributed by atoms with Crippen LogP contribution in [0.2, 0.25) is 0 Å². The predicted molar refractivity (Wildman–Crippen MR) is 83.9 cm³/mol. The van der Waals surface area contributed by atoms with Gasteiger partial charge in [-0.3, -0.25) is 15.0 Å². The zero-order valence-electron chi connectivity index (χ0n) is 13.5. The molecule has 0 saturated heterocycles. The maximum Gasteiger partial charge on any atom is 0.321 e. The molecule has 21 heavy (non-hydrogen) atoms. The third kappa shape index (κ3) is 5.63. The standard InChI is InChI=1S/C15H30N4O2/c1-4-10-19(13-8-6-12(16)7-9-13)11(3)14(20)18-15(21)17-5-2/h11-13H,4-10,16H2,1-3H3,(H2,17,18,20,21). The predicted octanol–water partition coefficient (Wildman–Crippen LogP) is 1.20. The lowest BCUT2D eigenvalue weighted by molar-refractivity contribution is -0.126. The Bertz CT molecular complexity index is 341. The first-order valence-electron chi connectivity index (χ1n) is 8.09. The summed E-state index contributed by atoms with van der Waals surface area (Å²) < 4.78 is 0. The van der Waals surface area contributed by atoms with E-state index >= 15 is 0 Å². The zero-order chi connectivity index (χ0) is 15.8. The number of nitrogens with one attached hydrogen (secondary N) is 2. The maximum absolute atomic E-state index is 12.2. The summed E-state index contributed by atoms with van der Waals surface area (Å²) in [4.78, 5) is 25.9. The van der Waals surface area contributed by atoms with Gasteiger partial charge in [0.15, 0.2) is 0 Å². The highest BCUT2D eigenvalue weighted by Crippen LogP contribution is 2.24. The second-order valence-corrected chi connectivity index (χ2v) is 5.83. The quantitative estimate of drug-likeness (QED) is 0.687. The molecule has 0 heterocycles. The molecule has 1 unspecified atom stereocenters. The van der Waals surface area contributed by atoms with Gasteiger partial charge in [0.1, 0.15) is 0 Å². The van der Waals surface area contributed by atoms with Gasteiger partial charge in [-0.15, -0.1) is 0 Å². The van der Waals surface area contributed by atoms with E-state index in [1.807, 2.05) is 13.8 Å². The van der Waals surface area contributed by atoms with E-state index in [2.05, 4.69) is 22.5 Å². The molecule has 0 radical (unpaired) electrons. The molecule has 1 rings (SSSR count). The number of nitrogens with two attached hydrogens (primary N) is 1. The van der Waals surface area contributed by atoms with Crippen molar-refractivity contribution in [3.05, 3.63) is 0 Å². The second kappa shape index (κ2) is 9.00. The van der Waals surface area contributed by atoms with Gasteiger partial charge in [0.25, 0.3) is 0 Å². The molecule has 0 aliphatic heterocycles. The highest BCUT2D eigenvalue weighted by molar-refractivity contribution is 5.96. The highest BCUT2D eigenvalue weighted by Gasteiger charge is 2.30. The Kier molecular flexibility index (Phi) is 7.67. The fourth-order valence-electron chi connectivity index (χ4n) is 2.96. The average Bonchev–Trinajstić information content (AvgIpc) is 2.45. The van der Waals surface area contributed by atoms with Crippen LogP contribution < -0.4 is 16.4 Å². The number of nitrogens with zero attached hydrogens (tertiary/aromatic N) is 1. The number of urea groups is 1. The molecule has 1 aliphatic rings. The molecule has 0 aromatic rings. The van der Waals surface area contributed by atoms with Crippen LogP contribution in [0.3, 0.4) is 0 Å². The minimum Gasteiger partial charge on any atom is -0.338 e. The number of carbonyl (C=O) groups is 2. The molecule has 3 amide bonds. The molecular weight excluding hydrogens is 268 g/mol. The third-order valence-corrected chi connectivity index (χ3v) is 4.14. The molecule has 122 valence electrons. The molecule has 1 atom stereocenters. The summed E-state index contributed by atoms with van der Waals surface area (Å²) in [6, 6.07) is -0.0349. The van der Waals surface area contributed by atoms with Crippen LogP contribution in [0.4, 0.5) is 4.79 Å². The lowest BCUT2D eigenvalue weighted by Gasteiger charge is -2.39. The molecule has 1 aliphatic carbocycles. The van der Waals surface area contributed by atoms with E-state index in [-0.39, 0.29) is 11.9 Å². The number of carbonyl (C=O) groups excluding carboxylic acids is 2. The number of hydrogen-bond donors (Lipinski definition) is 3. The largest absolute Gasteiger partial charge is 0.338 e. The van der Waals surface area contributed by atoms with Crippen LogP contribution in [0.25, 0.3) is 0 Å². The van der Waals surface area contributed by atoms with Crippen molar-refractivity contribution in [2.75, 3.05) is 13.1 Å². The monoisotopic (exact) mass is 298 g/mol. The van der Waals surface area contributed by atoms with E-state index in [0.29, 0.717) is 18.6 Å². The van der Waals surface area contributed by atoms with E-state index in [1.54, 1.807) is 0 Å². The summed E-state index contributed by atoms with van der Waals surface area (Å²) >= 11 is 0. The molecule has 6 nitrogen and oxygen atoms in total. The van der Waals surface area contributed by atoms with Gasteiger partial charge >= 0.3 is 6.03 Å². The fourth-order valence-corrected chi connectivity index (χ4v) is 2.96. The van der Waals surface area contributed by atoms with Crippen molar-refractivity contribution in [2.45, 2.75) is 71.0 Å². The lowest BCUT2D eigenvalue weighted by atomic mass is 9.90. The molecule has 1 fully saturated rings. The Hall–Kier alpha value is -1.14. The molecule has 0 bridgehead atoms. The van der Waals surface area contributed by atoms with Crippen LogP contribution >= 0.6 is 0 Å². The van der Waals surface area contributed by atoms with Gasteiger partial charge in [-0.2, -0.15) is 0 Å². The van der Waals surface area contributed by atoms with Crippen molar-refractivity contribution in [2.24, 2.45) is 5.73 Å². The van der Waals surface area contributed by atoms with Crippen molar-refractivity contribution in [3.8, 4) is 0 Å². The number of hydrogen-bond acceptors (Lipinski definition) is 4. The number of imide groups is 1. The summed E-state index contributed by atoms with van der Waals surface area (Å²) in [5, 5.41) is 4.99. The third-order valence-electron chi connectivity index (χ3n) is 4.14. The first-order valence-corrected chi connectivity index (χ1v) is 8.09. The van der Waals surface area contributed by atoms with Crippen LogP contribution in [0, 0.1) is 0 Å². The summed E-state index contributed by atoms with van der Waals surface area (Å²) in [7, 11) is 0. The van der Waals surface area contributed by atoms with Crippen molar-refractivity contribution >= 4 is 11.9 Å². The Morgan fingerprint density at radius 2 is 1.86 bits per heavy atom. The summed E-state index contributed by atoms with van der Waals surface area (Å²) in [5.74, 6) is -0.232. The smallest absolute Gasteiger partial charge is 0.321 e. The molecule has 6 heteroatoms. The van der Waals surface area contributed by atoms with Crippen LogP contribution in [-0.4, -0.2) is 48.1 Å². The van der Waals surface area contributed by atoms with Gasteiger partial charge in [-0.25, -0.2) is 4.79 Å². The zero-order valence-corrected chi connectivity index (χ0v) is 13.5. The molecule has 4 N–H and O–H groups in total. The molecular formula is C15H30N4O2. The van der Waals surface area contributed by atoms with Crippen molar-refractivity contribution in [3.63, 3.8) is 0 Å². The van der Waals surface area contributed by atoms with Crippen LogP contribution in [0.5, 0.6) is 0 Å². The molecule has 0 spiro atoms. The first-order chi connectivity index (χ1) is 9.99. The highest BCUT2D eigenvalue weighted by atomic mass is 16.2. The van der Waals surface area contributed by atoms with E-state index in [4.69, 9.17) is 5.73 Å². The summed E-state index contributed by atoms with van der Waals surface area (Å²) in [5.41, 5.74) is 5.96. The fraction of sp³-hybridized carbons (Fsp3) is 0.867. The molecule has 0 aromatic carbocycles. The van der Waals surface area contributed by atoms with E-state index in [1.165, 1.54) is 0 Å². The number of amides is 3.